The van der Waals surface area contributed by atoms with Crippen molar-refractivity contribution in [3.63, 3.8) is 0 Å². The van der Waals surface area contributed by atoms with Crippen molar-refractivity contribution in [2.24, 2.45) is 7.05 Å². The highest BCUT2D eigenvalue weighted by Gasteiger charge is 2.44. The Hall–Kier alpha value is -2.63. The molecule has 3 rings (SSSR count). The Bertz CT molecular complexity index is 837. The van der Waals surface area contributed by atoms with Gasteiger partial charge in [-0.1, -0.05) is 13.3 Å². The van der Waals surface area contributed by atoms with E-state index in [9.17, 15) is 14.4 Å². The summed E-state index contributed by atoms with van der Waals surface area (Å²) in [6.07, 6.45) is 2.90. The Balaban J connectivity index is 2.08. The molecule has 0 radical (unpaired) electrons. The van der Waals surface area contributed by atoms with E-state index in [2.05, 4.69) is 0 Å². The van der Waals surface area contributed by atoms with Crippen molar-refractivity contribution in [2.45, 2.75) is 32.7 Å². The summed E-state index contributed by atoms with van der Waals surface area (Å²) in [7, 11) is 1.88. The van der Waals surface area contributed by atoms with Crippen molar-refractivity contribution < 1.29 is 19.1 Å². The second kappa shape index (κ2) is 6.11. The van der Waals surface area contributed by atoms with Crippen molar-refractivity contribution in [1.82, 2.24) is 9.47 Å². The number of aryl methyl sites for hydroxylation is 1. The summed E-state index contributed by atoms with van der Waals surface area (Å²) >= 11 is 0. The molecule has 2 heterocycles. The molecular weight excluding hydrogens is 308 g/mol. The number of carbonyl (C=O) groups excluding carboxylic acids is 3. The van der Waals surface area contributed by atoms with Crippen molar-refractivity contribution in [3.8, 4) is 0 Å². The standard InChI is InChI=1S/C18H20N2O4/c1-4-6-14(18(23)24-5-2)20-16(21)12-7-8-13-11(9-10-19(13)3)15(12)17(20)22/h7-10,14H,4-6H2,1-3H3. The fraction of sp³-hybridized carbons (Fsp3) is 0.389. The van der Waals surface area contributed by atoms with E-state index in [4.69, 9.17) is 4.74 Å². The van der Waals surface area contributed by atoms with Crippen molar-refractivity contribution in [3.05, 3.63) is 35.5 Å². The minimum Gasteiger partial charge on any atom is -0.464 e. The summed E-state index contributed by atoms with van der Waals surface area (Å²) in [4.78, 5) is 39.0. The number of esters is 1. The first kappa shape index (κ1) is 16.2. The van der Waals surface area contributed by atoms with E-state index >= 15 is 0 Å². The van der Waals surface area contributed by atoms with Crippen molar-refractivity contribution in [1.29, 1.82) is 0 Å². The van der Waals surface area contributed by atoms with Gasteiger partial charge >= 0.3 is 5.97 Å². The average Bonchev–Trinajstić information content (AvgIpc) is 3.05. The van der Waals surface area contributed by atoms with Crippen LogP contribution in [0.5, 0.6) is 0 Å². The van der Waals surface area contributed by atoms with Gasteiger partial charge in [-0.15, -0.1) is 0 Å². The maximum Gasteiger partial charge on any atom is 0.329 e. The Kier molecular flexibility index (Phi) is 4.13. The molecule has 0 fully saturated rings. The number of amides is 2. The van der Waals surface area contributed by atoms with Crippen LogP contribution in [0, 0.1) is 0 Å². The molecule has 24 heavy (non-hydrogen) atoms. The van der Waals surface area contributed by atoms with E-state index in [0.717, 1.165) is 15.8 Å². The van der Waals surface area contributed by atoms with Gasteiger partial charge in [-0.2, -0.15) is 0 Å². The van der Waals surface area contributed by atoms with Crippen LogP contribution in [0.25, 0.3) is 10.9 Å². The molecule has 2 aromatic rings. The first-order chi connectivity index (χ1) is 11.5. The zero-order chi connectivity index (χ0) is 17.4. The number of benzene rings is 1. The third-order valence-electron chi connectivity index (χ3n) is 4.38. The second-order valence-electron chi connectivity index (χ2n) is 5.88. The predicted molar refractivity (Wildman–Crippen MR) is 88.7 cm³/mol. The molecule has 0 N–H and O–H groups in total. The molecule has 2 amide bonds. The van der Waals surface area contributed by atoms with Crippen molar-refractivity contribution in [2.75, 3.05) is 6.61 Å². The highest BCUT2D eigenvalue weighted by molar-refractivity contribution is 6.27. The molecule has 0 saturated carbocycles. The zero-order valence-corrected chi connectivity index (χ0v) is 14.0. The van der Waals surface area contributed by atoms with Gasteiger partial charge < -0.3 is 9.30 Å². The summed E-state index contributed by atoms with van der Waals surface area (Å²) in [6.45, 7) is 3.82. The molecule has 1 atom stereocenters. The molecule has 1 aliphatic heterocycles. The number of aromatic nitrogens is 1. The number of fused-ring (bicyclic) bond motifs is 3. The highest BCUT2D eigenvalue weighted by Crippen LogP contribution is 2.32. The maximum absolute atomic E-state index is 12.9. The number of hydrogen-bond acceptors (Lipinski definition) is 4. The normalized spacial score (nSPS) is 15.0. The summed E-state index contributed by atoms with van der Waals surface area (Å²) < 4.78 is 6.96. The van der Waals surface area contributed by atoms with Crippen molar-refractivity contribution >= 4 is 28.7 Å². The van der Waals surface area contributed by atoms with Crippen LogP contribution in [0.2, 0.25) is 0 Å². The molecule has 1 aromatic carbocycles. The van der Waals surface area contributed by atoms with Gasteiger partial charge in [0.1, 0.15) is 6.04 Å². The first-order valence-corrected chi connectivity index (χ1v) is 8.13. The summed E-state index contributed by atoms with van der Waals surface area (Å²) in [5, 5.41) is 0.731. The van der Waals surface area contributed by atoms with Gasteiger partial charge in [0.05, 0.1) is 17.7 Å². The Morgan fingerprint density at radius 1 is 1.17 bits per heavy atom. The SMILES string of the molecule is CCCC(C(=O)OCC)N1C(=O)c2ccc3c(ccn3C)c2C1=O. The van der Waals surface area contributed by atoms with Gasteiger partial charge in [-0.05, 0) is 31.5 Å². The molecular formula is C18H20N2O4. The number of hydrogen-bond donors (Lipinski definition) is 0. The average molecular weight is 328 g/mol. The maximum atomic E-state index is 12.9. The predicted octanol–water partition coefficient (Wildman–Crippen LogP) is 2.51. The Morgan fingerprint density at radius 3 is 2.58 bits per heavy atom. The lowest BCUT2D eigenvalue weighted by Crippen LogP contribution is -2.45. The molecule has 0 bridgehead atoms. The zero-order valence-electron chi connectivity index (χ0n) is 14.0. The third-order valence-corrected chi connectivity index (χ3v) is 4.38. The molecule has 6 heteroatoms. The van der Waals surface area contributed by atoms with Crippen LogP contribution in [0.4, 0.5) is 0 Å². The quantitative estimate of drug-likeness (QED) is 0.625. The molecule has 1 unspecified atom stereocenters. The number of nitrogens with zero attached hydrogens (tertiary/aromatic N) is 2. The van der Waals surface area contributed by atoms with Gasteiger partial charge in [0.25, 0.3) is 11.8 Å². The lowest BCUT2D eigenvalue weighted by atomic mass is 10.1. The van der Waals surface area contributed by atoms with E-state index in [0.29, 0.717) is 24.0 Å². The molecule has 0 saturated heterocycles. The van der Waals surface area contributed by atoms with E-state index in [-0.39, 0.29) is 6.61 Å². The second-order valence-corrected chi connectivity index (χ2v) is 5.88. The lowest BCUT2D eigenvalue weighted by Gasteiger charge is -2.23. The monoisotopic (exact) mass is 328 g/mol. The third kappa shape index (κ3) is 2.29. The van der Waals surface area contributed by atoms with Crippen LogP contribution in [0.15, 0.2) is 24.4 Å². The molecule has 1 aromatic heterocycles. The van der Waals surface area contributed by atoms with Gasteiger partial charge in [0.2, 0.25) is 0 Å². The van der Waals surface area contributed by atoms with E-state index in [1.165, 1.54) is 0 Å². The van der Waals surface area contributed by atoms with Crippen LogP contribution < -0.4 is 0 Å². The fourth-order valence-electron chi connectivity index (χ4n) is 3.25. The van der Waals surface area contributed by atoms with Gasteiger partial charge in [-0.3, -0.25) is 14.5 Å². The molecule has 6 nitrogen and oxygen atoms in total. The minimum absolute atomic E-state index is 0.213. The lowest BCUT2D eigenvalue weighted by molar-refractivity contribution is -0.148. The van der Waals surface area contributed by atoms with E-state index in [1.807, 2.05) is 36.9 Å². The first-order valence-electron chi connectivity index (χ1n) is 8.13. The van der Waals surface area contributed by atoms with Gasteiger partial charge in [0, 0.05) is 24.1 Å². The molecule has 0 spiro atoms. The van der Waals surface area contributed by atoms with Gasteiger partial charge in [0.15, 0.2) is 0 Å². The largest absolute Gasteiger partial charge is 0.464 e. The minimum atomic E-state index is -0.874. The number of ether oxygens (including phenoxy) is 1. The van der Waals surface area contributed by atoms with E-state index < -0.39 is 23.8 Å². The van der Waals surface area contributed by atoms with Crippen LogP contribution in [0.1, 0.15) is 47.4 Å². The Labute approximate surface area is 140 Å². The topological polar surface area (TPSA) is 68.6 Å². The summed E-state index contributed by atoms with van der Waals surface area (Å²) in [5.41, 5.74) is 1.60. The van der Waals surface area contributed by atoms with Crippen LogP contribution in [0.3, 0.4) is 0 Å². The van der Waals surface area contributed by atoms with Crippen LogP contribution in [-0.2, 0) is 16.6 Å². The summed E-state index contributed by atoms with van der Waals surface area (Å²) in [6, 6.07) is 4.43. The van der Waals surface area contributed by atoms with E-state index in [1.54, 1.807) is 13.0 Å². The highest BCUT2D eigenvalue weighted by atomic mass is 16.5. The molecule has 0 aliphatic carbocycles. The van der Waals surface area contributed by atoms with Gasteiger partial charge in [-0.25, -0.2) is 4.79 Å². The Morgan fingerprint density at radius 2 is 1.92 bits per heavy atom. The fourth-order valence-corrected chi connectivity index (χ4v) is 3.25. The number of rotatable bonds is 5. The summed E-state index contributed by atoms with van der Waals surface area (Å²) in [5.74, 6) is -1.37. The van der Waals surface area contributed by atoms with Crippen LogP contribution >= 0.6 is 0 Å². The number of carbonyl (C=O) groups is 3. The molecule has 126 valence electrons. The smallest absolute Gasteiger partial charge is 0.329 e. The van der Waals surface area contributed by atoms with Crippen LogP contribution in [-0.4, -0.2) is 39.9 Å². The number of imide groups is 1. The molecule has 1 aliphatic rings.